The molecule has 0 saturated heterocycles. The quantitative estimate of drug-likeness (QED) is 0.798. The largest absolute Gasteiger partial charge is 0.461 e. The van der Waals surface area contributed by atoms with Gasteiger partial charge in [0.1, 0.15) is 5.01 Å². The Morgan fingerprint density at radius 3 is 2.71 bits per heavy atom. The number of halogens is 1. The number of hydrogen-bond donors (Lipinski definition) is 1. The van der Waals surface area contributed by atoms with Gasteiger partial charge >= 0.3 is 5.97 Å². The molecular weight excluding hydrogens is 226 g/mol. The number of esters is 1. The van der Waals surface area contributed by atoms with E-state index in [0.717, 1.165) is 0 Å². The predicted molar refractivity (Wildman–Crippen MR) is 55.7 cm³/mol. The van der Waals surface area contributed by atoms with Crippen LogP contribution in [0.5, 0.6) is 0 Å². The van der Waals surface area contributed by atoms with E-state index in [1.54, 1.807) is 13.8 Å². The van der Waals surface area contributed by atoms with Crippen molar-refractivity contribution in [2.75, 3.05) is 6.61 Å². The summed E-state index contributed by atoms with van der Waals surface area (Å²) in [6.45, 7) is 3.87. The fourth-order valence-corrected chi connectivity index (χ4v) is 1.38. The molecular formula is C7H12ClN3O2S. The highest BCUT2D eigenvalue weighted by Crippen LogP contribution is 2.15. The van der Waals surface area contributed by atoms with Crippen molar-refractivity contribution in [2.24, 2.45) is 5.73 Å². The maximum Gasteiger partial charge on any atom is 0.369 e. The summed E-state index contributed by atoms with van der Waals surface area (Å²) < 4.78 is 4.75. The van der Waals surface area contributed by atoms with Gasteiger partial charge in [0.15, 0.2) is 0 Å². The third kappa shape index (κ3) is 3.21. The van der Waals surface area contributed by atoms with E-state index >= 15 is 0 Å². The average Bonchev–Trinajstić information content (AvgIpc) is 2.52. The zero-order chi connectivity index (χ0) is 9.84. The minimum Gasteiger partial charge on any atom is -0.461 e. The van der Waals surface area contributed by atoms with Gasteiger partial charge in [-0.05, 0) is 13.8 Å². The third-order valence-corrected chi connectivity index (χ3v) is 2.38. The Morgan fingerprint density at radius 1 is 1.64 bits per heavy atom. The highest BCUT2D eigenvalue weighted by Gasteiger charge is 2.14. The fraction of sp³-hybridized carbons (Fsp3) is 0.571. The van der Waals surface area contributed by atoms with Crippen molar-refractivity contribution >= 4 is 29.7 Å². The number of ether oxygens (including phenoxy) is 1. The second-order valence-corrected chi connectivity index (χ2v) is 3.46. The molecule has 0 spiro atoms. The lowest BCUT2D eigenvalue weighted by atomic mass is 10.4. The van der Waals surface area contributed by atoms with Gasteiger partial charge in [-0.2, -0.15) is 0 Å². The SMILES string of the molecule is CCOC(=O)c1nnc(C(C)N)s1.Cl. The monoisotopic (exact) mass is 237 g/mol. The first-order valence-electron chi connectivity index (χ1n) is 3.91. The molecule has 1 atom stereocenters. The van der Waals surface area contributed by atoms with E-state index < -0.39 is 5.97 Å². The van der Waals surface area contributed by atoms with Crippen LogP contribution < -0.4 is 5.73 Å². The molecule has 1 rings (SSSR count). The first kappa shape index (κ1) is 13.3. The summed E-state index contributed by atoms with van der Waals surface area (Å²) >= 11 is 1.17. The predicted octanol–water partition coefficient (Wildman–Crippen LogP) is 1.16. The van der Waals surface area contributed by atoms with Crippen LogP contribution in [0.2, 0.25) is 0 Å². The van der Waals surface area contributed by atoms with Crippen LogP contribution in [0.25, 0.3) is 0 Å². The smallest absolute Gasteiger partial charge is 0.369 e. The molecule has 0 aliphatic heterocycles. The van der Waals surface area contributed by atoms with Gasteiger partial charge in [-0.15, -0.1) is 22.6 Å². The van der Waals surface area contributed by atoms with Crippen LogP contribution in [0.3, 0.4) is 0 Å². The van der Waals surface area contributed by atoms with Crippen molar-refractivity contribution in [3.63, 3.8) is 0 Å². The number of carbonyl (C=O) groups is 1. The van der Waals surface area contributed by atoms with E-state index in [2.05, 4.69) is 10.2 Å². The molecule has 0 fully saturated rings. The number of aromatic nitrogens is 2. The summed E-state index contributed by atoms with van der Waals surface area (Å²) in [6.07, 6.45) is 0. The van der Waals surface area contributed by atoms with Gasteiger partial charge in [-0.25, -0.2) is 4.79 Å². The van der Waals surface area contributed by atoms with Crippen LogP contribution in [-0.4, -0.2) is 22.8 Å². The molecule has 0 aromatic carbocycles. The van der Waals surface area contributed by atoms with Gasteiger partial charge in [0.25, 0.3) is 0 Å². The first-order valence-corrected chi connectivity index (χ1v) is 4.73. The molecule has 0 bridgehead atoms. The summed E-state index contributed by atoms with van der Waals surface area (Å²) in [5, 5.41) is 8.33. The number of carbonyl (C=O) groups excluding carboxylic acids is 1. The number of nitrogens with two attached hydrogens (primary N) is 1. The highest BCUT2D eigenvalue weighted by molar-refractivity contribution is 7.13. The van der Waals surface area contributed by atoms with Crippen LogP contribution in [-0.2, 0) is 4.74 Å². The minimum absolute atomic E-state index is 0. The maximum absolute atomic E-state index is 11.1. The van der Waals surface area contributed by atoms with Crippen LogP contribution in [0.4, 0.5) is 0 Å². The van der Waals surface area contributed by atoms with Crippen LogP contribution >= 0.6 is 23.7 Å². The van der Waals surface area contributed by atoms with Gasteiger partial charge in [-0.3, -0.25) is 0 Å². The molecule has 1 aromatic rings. The Morgan fingerprint density at radius 2 is 2.29 bits per heavy atom. The molecule has 14 heavy (non-hydrogen) atoms. The molecule has 2 N–H and O–H groups in total. The van der Waals surface area contributed by atoms with Crippen LogP contribution in [0.15, 0.2) is 0 Å². The van der Waals surface area contributed by atoms with Crippen molar-refractivity contribution in [2.45, 2.75) is 19.9 Å². The fourth-order valence-electron chi connectivity index (χ4n) is 0.694. The van der Waals surface area contributed by atoms with Gasteiger partial charge < -0.3 is 10.5 Å². The summed E-state index contributed by atoms with van der Waals surface area (Å²) in [5.74, 6) is -0.438. The first-order chi connectivity index (χ1) is 6.15. The lowest BCUT2D eigenvalue weighted by Gasteiger charge is -1.95. The zero-order valence-electron chi connectivity index (χ0n) is 7.89. The van der Waals surface area contributed by atoms with E-state index in [0.29, 0.717) is 11.6 Å². The molecule has 1 aromatic heterocycles. The van der Waals surface area contributed by atoms with Crippen molar-refractivity contribution < 1.29 is 9.53 Å². The Hall–Kier alpha value is -0.720. The molecule has 7 heteroatoms. The summed E-state index contributed by atoms with van der Waals surface area (Å²) in [5.41, 5.74) is 5.56. The van der Waals surface area contributed by atoms with Crippen LogP contribution in [0.1, 0.15) is 34.7 Å². The molecule has 5 nitrogen and oxygen atoms in total. The summed E-state index contributed by atoms with van der Waals surface area (Å²) in [6, 6.07) is -0.194. The van der Waals surface area contributed by atoms with Crippen LogP contribution in [0, 0.1) is 0 Å². The number of hydrogen-bond acceptors (Lipinski definition) is 6. The van der Waals surface area contributed by atoms with E-state index in [9.17, 15) is 4.79 Å². The Kier molecular flexibility index (Phi) is 5.59. The van der Waals surface area contributed by atoms with E-state index in [4.69, 9.17) is 10.5 Å². The average molecular weight is 238 g/mol. The molecule has 0 aliphatic carbocycles. The maximum atomic E-state index is 11.1. The minimum atomic E-state index is -0.438. The molecule has 0 saturated carbocycles. The number of nitrogens with zero attached hydrogens (tertiary/aromatic N) is 2. The van der Waals surface area contributed by atoms with E-state index in [1.165, 1.54) is 11.3 Å². The van der Waals surface area contributed by atoms with Crippen molar-refractivity contribution in [1.82, 2.24) is 10.2 Å². The molecule has 1 heterocycles. The topological polar surface area (TPSA) is 78.1 Å². The van der Waals surface area contributed by atoms with E-state index in [1.807, 2.05) is 0 Å². The van der Waals surface area contributed by atoms with E-state index in [-0.39, 0.29) is 23.5 Å². The molecule has 0 amide bonds. The standard InChI is InChI=1S/C7H11N3O2S.ClH/c1-3-12-7(11)6-10-9-5(13-6)4(2)8;/h4H,3,8H2,1-2H3;1H. The Labute approximate surface area is 92.1 Å². The third-order valence-electron chi connectivity index (χ3n) is 1.28. The zero-order valence-corrected chi connectivity index (χ0v) is 9.52. The lowest BCUT2D eigenvalue weighted by Crippen LogP contribution is -2.03. The highest BCUT2D eigenvalue weighted by atomic mass is 35.5. The Balaban J connectivity index is 0.00000169. The summed E-state index contributed by atoms with van der Waals surface area (Å²) in [4.78, 5) is 11.1. The van der Waals surface area contributed by atoms with Gasteiger partial charge in [0, 0.05) is 0 Å². The molecule has 0 radical (unpaired) electrons. The molecule has 0 aliphatic rings. The number of rotatable bonds is 3. The lowest BCUT2D eigenvalue weighted by molar-refractivity contribution is 0.0525. The van der Waals surface area contributed by atoms with Crippen molar-refractivity contribution in [3.05, 3.63) is 10.0 Å². The van der Waals surface area contributed by atoms with Gasteiger partial charge in [-0.1, -0.05) is 11.3 Å². The summed E-state index contributed by atoms with van der Waals surface area (Å²) in [7, 11) is 0. The second kappa shape index (κ2) is 5.90. The molecule has 1 unspecified atom stereocenters. The Bertz CT molecular complexity index is 303. The van der Waals surface area contributed by atoms with Crippen molar-refractivity contribution in [1.29, 1.82) is 0 Å². The van der Waals surface area contributed by atoms with Gasteiger partial charge in [0.2, 0.25) is 5.01 Å². The second-order valence-electron chi connectivity index (χ2n) is 2.45. The normalized spacial score (nSPS) is 11.6. The van der Waals surface area contributed by atoms with Crippen molar-refractivity contribution in [3.8, 4) is 0 Å². The van der Waals surface area contributed by atoms with Gasteiger partial charge in [0.05, 0.1) is 12.6 Å². The molecule has 80 valence electrons.